The molecule has 1 aliphatic heterocycles. The van der Waals surface area contributed by atoms with Gasteiger partial charge in [0.25, 0.3) is 0 Å². The number of nitrogens with zero attached hydrogens (tertiary/aromatic N) is 2. The first-order valence-corrected chi connectivity index (χ1v) is 12.2. The van der Waals surface area contributed by atoms with E-state index in [0.29, 0.717) is 18.3 Å². The van der Waals surface area contributed by atoms with Gasteiger partial charge in [-0.25, -0.2) is 0 Å². The Hall–Kier alpha value is -2.31. The molecule has 0 saturated carbocycles. The Kier molecular flexibility index (Phi) is 7.67. The van der Waals surface area contributed by atoms with Crippen molar-refractivity contribution < 1.29 is 0 Å². The summed E-state index contributed by atoms with van der Waals surface area (Å²) in [5.74, 6) is 4.19. The van der Waals surface area contributed by atoms with Crippen LogP contribution >= 0.6 is 0 Å². The van der Waals surface area contributed by atoms with E-state index in [4.69, 9.17) is 11.5 Å². The third-order valence-corrected chi connectivity index (χ3v) is 7.63. The van der Waals surface area contributed by atoms with Gasteiger partial charge in [-0.15, -0.1) is 12.3 Å². The van der Waals surface area contributed by atoms with Crippen molar-refractivity contribution in [3.05, 3.63) is 59.0 Å². The van der Waals surface area contributed by atoms with E-state index in [0.717, 1.165) is 19.4 Å². The zero-order valence-electron chi connectivity index (χ0n) is 21.1. The molecule has 0 fully saturated rings. The molecular formula is C29H41N3. The Bertz CT molecular complexity index is 975. The number of terminal acetylenes is 1. The molecule has 3 heteroatoms. The fourth-order valence-electron chi connectivity index (χ4n) is 5.04. The highest BCUT2D eigenvalue weighted by Crippen LogP contribution is 2.44. The van der Waals surface area contributed by atoms with Crippen LogP contribution in [0.15, 0.2) is 42.0 Å². The van der Waals surface area contributed by atoms with E-state index in [1.165, 1.54) is 28.1 Å². The number of fused-ring (bicyclic) bond motifs is 3. The molecule has 32 heavy (non-hydrogen) atoms. The van der Waals surface area contributed by atoms with Crippen molar-refractivity contribution in [3.63, 3.8) is 0 Å². The maximum Gasteiger partial charge on any atom is 0.0720 e. The Labute approximate surface area is 195 Å². The second-order valence-electron chi connectivity index (χ2n) is 10.3. The van der Waals surface area contributed by atoms with Crippen LogP contribution in [0.2, 0.25) is 0 Å². The Balaban J connectivity index is 2.27. The summed E-state index contributed by atoms with van der Waals surface area (Å²) in [6.45, 7) is 14.7. The summed E-state index contributed by atoms with van der Waals surface area (Å²) >= 11 is 0. The lowest BCUT2D eigenvalue weighted by Crippen LogP contribution is -2.37. The normalized spacial score (nSPS) is 24.2. The molecular weight excluding hydrogens is 390 g/mol. The first kappa shape index (κ1) is 24.3. The van der Waals surface area contributed by atoms with Gasteiger partial charge in [0.2, 0.25) is 0 Å². The van der Waals surface area contributed by atoms with Gasteiger partial charge in [-0.2, -0.15) is 5.10 Å². The lowest BCUT2D eigenvalue weighted by atomic mass is 9.71. The summed E-state index contributed by atoms with van der Waals surface area (Å²) in [7, 11) is 2.10. The van der Waals surface area contributed by atoms with Crippen LogP contribution in [-0.2, 0) is 7.05 Å². The highest BCUT2D eigenvalue weighted by molar-refractivity contribution is 5.79. The van der Waals surface area contributed by atoms with E-state index in [1.54, 1.807) is 0 Å². The van der Waals surface area contributed by atoms with Crippen molar-refractivity contribution in [1.82, 2.24) is 15.1 Å². The van der Waals surface area contributed by atoms with Crippen molar-refractivity contribution in [2.45, 2.75) is 78.7 Å². The van der Waals surface area contributed by atoms with Gasteiger partial charge in [-0.1, -0.05) is 71.1 Å². The summed E-state index contributed by atoms with van der Waals surface area (Å²) in [4.78, 5) is 0. The molecule has 0 saturated heterocycles. The molecule has 1 N–H and O–H groups in total. The summed E-state index contributed by atoms with van der Waals surface area (Å²) in [6.07, 6.45) is 22.0. The first-order valence-electron chi connectivity index (χ1n) is 12.2. The van der Waals surface area contributed by atoms with E-state index in [1.807, 2.05) is 0 Å². The molecule has 2 unspecified atom stereocenters. The summed E-state index contributed by atoms with van der Waals surface area (Å²) in [5, 5.41) is 9.00. The Morgan fingerprint density at radius 1 is 1.31 bits per heavy atom. The van der Waals surface area contributed by atoms with Crippen LogP contribution in [0.25, 0.3) is 5.57 Å². The average Bonchev–Trinajstić information content (AvgIpc) is 3.08. The van der Waals surface area contributed by atoms with Crippen molar-refractivity contribution in [3.8, 4) is 12.3 Å². The van der Waals surface area contributed by atoms with Crippen LogP contribution in [0.1, 0.15) is 89.6 Å². The molecule has 1 aromatic heterocycles. The van der Waals surface area contributed by atoms with Crippen molar-refractivity contribution >= 4 is 5.57 Å². The molecule has 3 atom stereocenters. The van der Waals surface area contributed by atoms with Gasteiger partial charge in [-0.05, 0) is 36.7 Å². The Morgan fingerprint density at radius 2 is 2.03 bits per heavy atom. The monoisotopic (exact) mass is 431 g/mol. The molecule has 0 radical (unpaired) electrons. The number of allylic oxidation sites excluding steroid dienone is 5. The average molecular weight is 432 g/mol. The van der Waals surface area contributed by atoms with E-state index in [9.17, 15) is 0 Å². The van der Waals surface area contributed by atoms with E-state index < -0.39 is 0 Å². The smallest absolute Gasteiger partial charge is 0.0720 e. The van der Waals surface area contributed by atoms with Gasteiger partial charge >= 0.3 is 0 Å². The second-order valence-corrected chi connectivity index (χ2v) is 10.3. The van der Waals surface area contributed by atoms with Crippen molar-refractivity contribution in [2.24, 2.45) is 18.4 Å². The molecule has 0 bridgehead atoms. The van der Waals surface area contributed by atoms with Crippen molar-refractivity contribution in [1.29, 1.82) is 0 Å². The van der Waals surface area contributed by atoms with Crippen LogP contribution in [-0.4, -0.2) is 22.4 Å². The topological polar surface area (TPSA) is 29.9 Å². The van der Waals surface area contributed by atoms with E-state index in [2.05, 4.69) is 101 Å². The maximum absolute atomic E-state index is 5.79. The van der Waals surface area contributed by atoms with E-state index in [-0.39, 0.29) is 17.4 Å². The highest BCUT2D eigenvalue weighted by Gasteiger charge is 2.36. The van der Waals surface area contributed by atoms with Crippen molar-refractivity contribution in [2.75, 3.05) is 6.54 Å². The van der Waals surface area contributed by atoms with Crippen LogP contribution in [0.3, 0.4) is 0 Å². The maximum atomic E-state index is 5.79. The molecule has 2 aliphatic rings. The summed E-state index contributed by atoms with van der Waals surface area (Å²) in [5.41, 5.74) is 6.62. The molecule has 0 amide bonds. The van der Waals surface area contributed by atoms with Gasteiger partial charge in [0.1, 0.15) is 0 Å². The lowest BCUT2D eigenvalue weighted by molar-refractivity contribution is 0.207. The third kappa shape index (κ3) is 4.71. The van der Waals surface area contributed by atoms with Gasteiger partial charge in [0.05, 0.1) is 11.4 Å². The summed E-state index contributed by atoms with van der Waals surface area (Å²) in [6, 6.07) is 0.247. The molecule has 2 heterocycles. The quantitative estimate of drug-likeness (QED) is 0.498. The molecule has 0 spiro atoms. The van der Waals surface area contributed by atoms with Gasteiger partial charge in [0.15, 0.2) is 0 Å². The van der Waals surface area contributed by atoms with Crippen LogP contribution in [0.4, 0.5) is 0 Å². The zero-order valence-corrected chi connectivity index (χ0v) is 21.1. The van der Waals surface area contributed by atoms with Crippen LogP contribution < -0.4 is 5.32 Å². The fourth-order valence-corrected chi connectivity index (χ4v) is 5.04. The van der Waals surface area contributed by atoms with Crippen LogP contribution in [0, 0.1) is 23.7 Å². The minimum atomic E-state index is 0.247. The van der Waals surface area contributed by atoms with Gasteiger partial charge in [0, 0.05) is 49.0 Å². The highest BCUT2D eigenvalue weighted by atomic mass is 15.3. The van der Waals surface area contributed by atoms with Gasteiger partial charge in [-0.3, -0.25) is 4.68 Å². The minimum Gasteiger partial charge on any atom is -0.306 e. The SMILES string of the molecule is C#CC/C1=C(\C=C/C)c2c(c([C@@H](CC)CC(C)(C)C(C)C)nn2C)C2C=CC=CC2NC1. The zero-order chi connectivity index (χ0) is 23.5. The fraction of sp³-hybridized carbons (Fsp3) is 0.552. The predicted molar refractivity (Wildman–Crippen MR) is 137 cm³/mol. The molecule has 172 valence electrons. The summed E-state index contributed by atoms with van der Waals surface area (Å²) < 4.78 is 2.12. The van der Waals surface area contributed by atoms with E-state index >= 15 is 0 Å². The third-order valence-electron chi connectivity index (χ3n) is 7.63. The number of aromatic nitrogens is 2. The predicted octanol–water partition coefficient (Wildman–Crippen LogP) is 6.52. The number of aryl methyl sites for hydroxylation is 1. The molecule has 3 rings (SSSR count). The number of nitrogens with one attached hydrogen (secondary N) is 1. The number of hydrogen-bond donors (Lipinski definition) is 1. The number of hydrogen-bond acceptors (Lipinski definition) is 2. The Morgan fingerprint density at radius 3 is 2.66 bits per heavy atom. The molecule has 1 aliphatic carbocycles. The second kappa shape index (κ2) is 10.1. The molecule has 3 nitrogen and oxygen atoms in total. The minimum absolute atomic E-state index is 0.247. The lowest BCUT2D eigenvalue weighted by Gasteiger charge is -2.34. The standard InChI is InChI=1S/C29H41N3/c1-9-14-22-19-30-25-17-13-12-16-24(25)26-27(21(11-3)18-29(6,7)20(4)5)31-32(8)28(26)23(22)15-10-2/h1,10,12-13,15-17,20-21,24-25,30H,11,14,18-19H2,2-8H3/b15-10-,23-22-/t21-,24?,25?/m0/s1. The largest absolute Gasteiger partial charge is 0.306 e. The molecule has 0 aromatic carbocycles. The van der Waals surface area contributed by atoms with Crippen LogP contribution in [0.5, 0.6) is 0 Å². The van der Waals surface area contributed by atoms with Gasteiger partial charge < -0.3 is 5.32 Å². The molecule has 1 aromatic rings. The number of rotatable bonds is 7. The first-order chi connectivity index (χ1) is 15.2.